The van der Waals surface area contributed by atoms with Crippen molar-refractivity contribution in [3.8, 4) is 0 Å². The van der Waals surface area contributed by atoms with Crippen LogP contribution < -0.4 is 4.90 Å². The Bertz CT molecular complexity index is 579. The van der Waals surface area contributed by atoms with Gasteiger partial charge in [0.2, 0.25) is 0 Å². The summed E-state index contributed by atoms with van der Waals surface area (Å²) in [5, 5.41) is 6.19. The van der Waals surface area contributed by atoms with Crippen molar-refractivity contribution in [3.05, 3.63) is 12.5 Å². The normalized spacial score (nSPS) is 17.0. The van der Waals surface area contributed by atoms with Crippen LogP contribution in [-0.4, -0.2) is 50.9 Å². The van der Waals surface area contributed by atoms with Gasteiger partial charge in [-0.3, -0.25) is 4.68 Å². The summed E-state index contributed by atoms with van der Waals surface area (Å²) in [6, 6.07) is 0. The average Bonchev–Trinajstić information content (AvgIpc) is 2.87. The molecule has 1 fully saturated rings. The molecule has 108 valence electrons. The van der Waals surface area contributed by atoms with Crippen molar-refractivity contribution in [2.75, 3.05) is 29.9 Å². The monoisotopic (exact) mass is 339 g/mol. The lowest BCUT2D eigenvalue weighted by atomic mass is 10.1. The molecule has 2 aromatic heterocycles. The van der Waals surface area contributed by atoms with E-state index in [2.05, 4.69) is 35.9 Å². The lowest BCUT2D eigenvalue weighted by molar-refractivity contribution is 0.0480. The molecule has 2 aromatic rings. The van der Waals surface area contributed by atoms with Crippen LogP contribution in [0.3, 0.4) is 0 Å². The van der Waals surface area contributed by atoms with Gasteiger partial charge in [0.1, 0.15) is 12.1 Å². The second-order valence-electron chi connectivity index (χ2n) is 4.95. The van der Waals surface area contributed by atoms with Crippen LogP contribution in [0.25, 0.3) is 11.0 Å². The molecule has 0 aromatic carbocycles. The Balaban J connectivity index is 1.73. The zero-order valence-electron chi connectivity index (χ0n) is 11.5. The second kappa shape index (κ2) is 6.05. The van der Waals surface area contributed by atoms with Gasteiger partial charge in [-0.2, -0.15) is 5.10 Å². The Labute approximate surface area is 126 Å². The van der Waals surface area contributed by atoms with Crippen LogP contribution in [0.2, 0.25) is 0 Å². The summed E-state index contributed by atoms with van der Waals surface area (Å²) in [7, 11) is 1.90. The predicted molar refractivity (Wildman–Crippen MR) is 81.3 cm³/mol. The number of ether oxygens (including phenoxy) is 1. The number of hydrogen-bond donors (Lipinski definition) is 0. The van der Waals surface area contributed by atoms with E-state index in [0.717, 1.165) is 54.7 Å². The first-order valence-electron chi connectivity index (χ1n) is 6.85. The van der Waals surface area contributed by atoms with E-state index in [0.29, 0.717) is 6.10 Å². The lowest BCUT2D eigenvalue weighted by Crippen LogP contribution is -2.37. The fourth-order valence-corrected chi connectivity index (χ4v) is 2.83. The number of aromatic nitrogens is 4. The molecule has 0 N–H and O–H groups in total. The zero-order chi connectivity index (χ0) is 13.9. The summed E-state index contributed by atoms with van der Waals surface area (Å²) in [5.41, 5.74) is 0.882. The number of fused-ring (bicyclic) bond motifs is 1. The summed E-state index contributed by atoms with van der Waals surface area (Å²) in [6.07, 6.45) is 5.91. The van der Waals surface area contributed by atoms with Gasteiger partial charge in [-0.25, -0.2) is 9.97 Å². The largest absolute Gasteiger partial charge is 0.377 e. The minimum absolute atomic E-state index is 0.370. The molecule has 7 heteroatoms. The van der Waals surface area contributed by atoms with Gasteiger partial charge < -0.3 is 9.64 Å². The maximum Gasteiger partial charge on any atom is 0.163 e. The van der Waals surface area contributed by atoms with Crippen molar-refractivity contribution in [2.45, 2.75) is 18.9 Å². The van der Waals surface area contributed by atoms with E-state index in [-0.39, 0.29) is 0 Å². The van der Waals surface area contributed by atoms with E-state index in [1.807, 2.05) is 13.2 Å². The summed E-state index contributed by atoms with van der Waals surface area (Å²) in [6.45, 7) is 2.72. The van der Waals surface area contributed by atoms with Gasteiger partial charge in [0.25, 0.3) is 0 Å². The quantitative estimate of drug-likeness (QED) is 0.794. The summed E-state index contributed by atoms with van der Waals surface area (Å²) >= 11 is 3.39. The first kappa shape index (κ1) is 13.8. The molecule has 0 atom stereocenters. The van der Waals surface area contributed by atoms with E-state index in [4.69, 9.17) is 4.74 Å². The molecule has 0 spiro atoms. The van der Waals surface area contributed by atoms with E-state index in [9.17, 15) is 0 Å². The van der Waals surface area contributed by atoms with Gasteiger partial charge in [0, 0.05) is 25.5 Å². The number of nitrogens with zero attached hydrogens (tertiary/aromatic N) is 5. The summed E-state index contributed by atoms with van der Waals surface area (Å²) in [5.74, 6) is 0.988. The van der Waals surface area contributed by atoms with E-state index in [1.54, 1.807) is 11.0 Å². The highest BCUT2D eigenvalue weighted by molar-refractivity contribution is 9.09. The van der Waals surface area contributed by atoms with Gasteiger partial charge in [-0.1, -0.05) is 15.9 Å². The molecule has 0 saturated carbocycles. The fourth-order valence-electron chi connectivity index (χ4n) is 2.65. The van der Waals surface area contributed by atoms with Crippen LogP contribution >= 0.6 is 15.9 Å². The van der Waals surface area contributed by atoms with Crippen LogP contribution in [-0.2, 0) is 11.8 Å². The van der Waals surface area contributed by atoms with Crippen molar-refractivity contribution in [2.24, 2.45) is 7.05 Å². The van der Waals surface area contributed by atoms with Gasteiger partial charge >= 0.3 is 0 Å². The van der Waals surface area contributed by atoms with Gasteiger partial charge in [0.15, 0.2) is 5.65 Å². The van der Waals surface area contributed by atoms with E-state index in [1.165, 1.54) is 0 Å². The molecular formula is C13H18BrN5O. The smallest absolute Gasteiger partial charge is 0.163 e. The third-order valence-electron chi connectivity index (χ3n) is 3.68. The van der Waals surface area contributed by atoms with Crippen molar-refractivity contribution in [1.29, 1.82) is 0 Å². The molecule has 0 unspecified atom stereocenters. The minimum atomic E-state index is 0.370. The highest BCUT2D eigenvalue weighted by atomic mass is 79.9. The Hall–Kier alpha value is -1.21. The van der Waals surface area contributed by atoms with Crippen molar-refractivity contribution >= 4 is 32.8 Å². The molecule has 6 nitrogen and oxygen atoms in total. The number of rotatable bonds is 4. The van der Waals surface area contributed by atoms with E-state index >= 15 is 0 Å². The van der Waals surface area contributed by atoms with Crippen LogP contribution in [0.4, 0.5) is 5.82 Å². The third kappa shape index (κ3) is 2.64. The number of piperidine rings is 1. The number of halogens is 1. The first-order chi connectivity index (χ1) is 9.79. The SMILES string of the molecule is Cn1ncc2c(N3CCC(OCCBr)CC3)ncnc21. The molecule has 1 saturated heterocycles. The number of hydrogen-bond acceptors (Lipinski definition) is 5. The molecule has 0 bridgehead atoms. The topological polar surface area (TPSA) is 56.1 Å². The third-order valence-corrected chi connectivity index (χ3v) is 4.00. The summed E-state index contributed by atoms with van der Waals surface area (Å²) in [4.78, 5) is 11.0. The Kier molecular flexibility index (Phi) is 4.16. The van der Waals surface area contributed by atoms with E-state index < -0.39 is 0 Å². The van der Waals surface area contributed by atoms with Gasteiger partial charge in [0.05, 0.1) is 24.3 Å². The van der Waals surface area contributed by atoms with Crippen LogP contribution in [0.1, 0.15) is 12.8 Å². The molecule has 0 amide bonds. The number of anilines is 1. The Morgan fingerprint density at radius 1 is 1.35 bits per heavy atom. The van der Waals surface area contributed by atoms with Crippen LogP contribution in [0.15, 0.2) is 12.5 Å². The number of alkyl halides is 1. The molecule has 0 radical (unpaired) electrons. The molecule has 20 heavy (non-hydrogen) atoms. The summed E-state index contributed by atoms with van der Waals surface area (Å²) < 4.78 is 7.57. The van der Waals surface area contributed by atoms with Crippen molar-refractivity contribution < 1.29 is 4.74 Å². The standard InChI is InChI=1S/C13H18BrN5O/c1-18-12-11(8-17-18)13(16-9-15-12)19-5-2-10(3-6-19)20-7-4-14/h8-10H,2-7H2,1H3. The fraction of sp³-hybridized carbons (Fsp3) is 0.615. The molecule has 0 aliphatic carbocycles. The Morgan fingerprint density at radius 3 is 2.90 bits per heavy atom. The van der Waals surface area contributed by atoms with Gasteiger partial charge in [-0.05, 0) is 12.8 Å². The van der Waals surface area contributed by atoms with Crippen molar-refractivity contribution in [3.63, 3.8) is 0 Å². The van der Waals surface area contributed by atoms with Crippen molar-refractivity contribution in [1.82, 2.24) is 19.7 Å². The molecular weight excluding hydrogens is 322 g/mol. The maximum absolute atomic E-state index is 5.79. The predicted octanol–water partition coefficient (Wildman–Crippen LogP) is 1.74. The molecule has 3 rings (SSSR count). The minimum Gasteiger partial charge on any atom is -0.377 e. The average molecular weight is 340 g/mol. The second-order valence-corrected chi connectivity index (χ2v) is 5.74. The Morgan fingerprint density at radius 2 is 2.15 bits per heavy atom. The highest BCUT2D eigenvalue weighted by Gasteiger charge is 2.22. The van der Waals surface area contributed by atoms with Crippen LogP contribution in [0.5, 0.6) is 0 Å². The first-order valence-corrected chi connectivity index (χ1v) is 7.97. The van der Waals surface area contributed by atoms with Crippen LogP contribution in [0, 0.1) is 0 Å². The van der Waals surface area contributed by atoms with Gasteiger partial charge in [-0.15, -0.1) is 0 Å². The zero-order valence-corrected chi connectivity index (χ0v) is 13.1. The molecule has 3 heterocycles. The number of aryl methyl sites for hydroxylation is 1. The molecule has 1 aliphatic rings. The maximum atomic E-state index is 5.79. The lowest BCUT2D eigenvalue weighted by Gasteiger charge is -2.32. The highest BCUT2D eigenvalue weighted by Crippen LogP contribution is 2.25. The molecule has 1 aliphatic heterocycles.